The lowest BCUT2D eigenvalue weighted by atomic mass is 9.70. The molecule has 0 spiro atoms. The first-order valence-electron chi connectivity index (χ1n) is 8.24. The van der Waals surface area contributed by atoms with E-state index in [2.05, 4.69) is 43.2 Å². The van der Waals surface area contributed by atoms with E-state index in [1.165, 1.54) is 37.8 Å². The Labute approximate surface area is 124 Å². The summed E-state index contributed by atoms with van der Waals surface area (Å²) < 4.78 is 0. The molecule has 20 heavy (non-hydrogen) atoms. The van der Waals surface area contributed by atoms with Gasteiger partial charge in [-0.05, 0) is 62.1 Å². The van der Waals surface area contributed by atoms with Crippen molar-refractivity contribution in [2.45, 2.75) is 65.3 Å². The Morgan fingerprint density at radius 2 is 2.05 bits per heavy atom. The van der Waals surface area contributed by atoms with E-state index in [4.69, 9.17) is 0 Å². The molecule has 1 aliphatic carbocycles. The third-order valence-electron chi connectivity index (χ3n) is 4.76. The van der Waals surface area contributed by atoms with Gasteiger partial charge in [0, 0.05) is 24.4 Å². The predicted octanol–water partition coefficient (Wildman–Crippen LogP) is 4.21. The zero-order valence-corrected chi connectivity index (χ0v) is 13.4. The Morgan fingerprint density at radius 3 is 2.65 bits per heavy atom. The maximum Gasteiger partial charge on any atom is 0.0419 e. The van der Waals surface area contributed by atoms with Crippen LogP contribution in [-0.4, -0.2) is 17.6 Å². The van der Waals surface area contributed by atoms with Crippen LogP contribution < -0.4 is 5.32 Å². The van der Waals surface area contributed by atoms with Crippen molar-refractivity contribution in [3.63, 3.8) is 0 Å². The number of rotatable bonds is 6. The molecule has 1 unspecified atom stereocenters. The van der Waals surface area contributed by atoms with Crippen LogP contribution in [0, 0.1) is 11.3 Å². The van der Waals surface area contributed by atoms with Gasteiger partial charge in [-0.3, -0.25) is 4.98 Å². The molecule has 0 saturated heterocycles. The van der Waals surface area contributed by atoms with Crippen LogP contribution in [-0.2, 0) is 6.42 Å². The summed E-state index contributed by atoms with van der Waals surface area (Å²) in [4.78, 5) is 4.51. The summed E-state index contributed by atoms with van der Waals surface area (Å²) in [5, 5.41) is 3.77. The third kappa shape index (κ3) is 4.59. The molecule has 1 heterocycles. The Balaban J connectivity index is 1.96. The van der Waals surface area contributed by atoms with Crippen LogP contribution in [0.25, 0.3) is 0 Å². The van der Waals surface area contributed by atoms with Crippen LogP contribution >= 0.6 is 0 Å². The number of hydrogen-bond acceptors (Lipinski definition) is 2. The quantitative estimate of drug-likeness (QED) is 0.840. The second-order valence-corrected chi connectivity index (χ2v) is 7.09. The maximum atomic E-state index is 4.51. The highest BCUT2D eigenvalue weighted by Crippen LogP contribution is 2.39. The monoisotopic (exact) mass is 274 g/mol. The lowest BCUT2D eigenvalue weighted by molar-refractivity contribution is 0.160. The Kier molecular flexibility index (Phi) is 5.59. The van der Waals surface area contributed by atoms with Crippen molar-refractivity contribution in [3.8, 4) is 0 Å². The minimum Gasteiger partial charge on any atom is -0.313 e. The fraction of sp³-hybridized carbons (Fsp3) is 0.722. The van der Waals surface area contributed by atoms with E-state index in [1.54, 1.807) is 0 Å². The molecule has 0 radical (unpaired) electrons. The second-order valence-electron chi connectivity index (χ2n) is 7.09. The van der Waals surface area contributed by atoms with Gasteiger partial charge in [-0.2, -0.15) is 0 Å². The molecule has 2 heteroatoms. The molecule has 0 bridgehead atoms. The topological polar surface area (TPSA) is 24.9 Å². The Hall–Kier alpha value is -0.890. The zero-order chi connectivity index (χ0) is 14.4. The molecule has 0 amide bonds. The predicted molar refractivity (Wildman–Crippen MR) is 85.8 cm³/mol. The molecule has 2 nitrogen and oxygen atoms in total. The summed E-state index contributed by atoms with van der Waals surface area (Å²) in [5.41, 5.74) is 1.78. The molecular formula is C18H30N2. The van der Waals surface area contributed by atoms with Crippen molar-refractivity contribution in [1.29, 1.82) is 0 Å². The summed E-state index contributed by atoms with van der Waals surface area (Å²) in [5.74, 6) is 0.816. The Bertz CT molecular complexity index is 376. The summed E-state index contributed by atoms with van der Waals surface area (Å²) >= 11 is 0. The van der Waals surface area contributed by atoms with E-state index in [1.807, 2.05) is 12.3 Å². The molecule has 0 aliphatic heterocycles. The van der Waals surface area contributed by atoms with E-state index >= 15 is 0 Å². The molecule has 0 aromatic carbocycles. The smallest absolute Gasteiger partial charge is 0.0419 e. The van der Waals surface area contributed by atoms with Gasteiger partial charge in [-0.25, -0.2) is 0 Å². The van der Waals surface area contributed by atoms with Crippen molar-refractivity contribution < 1.29 is 0 Å². The first-order valence-corrected chi connectivity index (χ1v) is 8.24. The van der Waals surface area contributed by atoms with Crippen LogP contribution in [0.3, 0.4) is 0 Å². The fourth-order valence-corrected chi connectivity index (χ4v) is 3.30. The molecular weight excluding hydrogens is 244 g/mol. The molecule has 2 rings (SSSR count). The van der Waals surface area contributed by atoms with Crippen LogP contribution in [0.5, 0.6) is 0 Å². The van der Waals surface area contributed by atoms with Gasteiger partial charge in [0.2, 0.25) is 0 Å². The lowest BCUT2D eigenvalue weighted by Gasteiger charge is -2.38. The average molecular weight is 274 g/mol. The van der Waals surface area contributed by atoms with Gasteiger partial charge >= 0.3 is 0 Å². The highest BCUT2D eigenvalue weighted by molar-refractivity contribution is 5.06. The van der Waals surface area contributed by atoms with Crippen molar-refractivity contribution >= 4 is 0 Å². The highest BCUT2D eigenvalue weighted by Gasteiger charge is 2.31. The number of hydrogen-bond donors (Lipinski definition) is 1. The van der Waals surface area contributed by atoms with E-state index in [0.717, 1.165) is 18.9 Å². The molecule has 1 aliphatic rings. The van der Waals surface area contributed by atoms with Crippen molar-refractivity contribution in [1.82, 2.24) is 10.3 Å². The summed E-state index contributed by atoms with van der Waals surface area (Å²) in [6.07, 6.45) is 9.65. The van der Waals surface area contributed by atoms with E-state index in [0.29, 0.717) is 11.5 Å². The van der Waals surface area contributed by atoms with Crippen LogP contribution in [0.1, 0.15) is 58.6 Å². The number of pyridine rings is 1. The highest BCUT2D eigenvalue weighted by atomic mass is 14.9. The first-order chi connectivity index (χ1) is 9.61. The molecule has 1 aromatic rings. The van der Waals surface area contributed by atoms with Gasteiger partial charge in [0.1, 0.15) is 0 Å². The van der Waals surface area contributed by atoms with Crippen LogP contribution in [0.4, 0.5) is 0 Å². The summed E-state index contributed by atoms with van der Waals surface area (Å²) in [7, 11) is 0. The molecule has 1 fully saturated rings. The minimum atomic E-state index is 0.552. The van der Waals surface area contributed by atoms with Gasteiger partial charge < -0.3 is 5.32 Å². The normalized spacial score (nSPS) is 20.8. The number of nitrogens with one attached hydrogen (secondary N) is 1. The van der Waals surface area contributed by atoms with Gasteiger partial charge in [0.05, 0.1) is 0 Å². The molecule has 1 saturated carbocycles. The van der Waals surface area contributed by atoms with Gasteiger partial charge in [0.25, 0.3) is 0 Å². The molecule has 112 valence electrons. The largest absolute Gasteiger partial charge is 0.313 e. The fourth-order valence-electron chi connectivity index (χ4n) is 3.30. The zero-order valence-electron chi connectivity index (χ0n) is 13.4. The van der Waals surface area contributed by atoms with Gasteiger partial charge in [-0.15, -0.1) is 0 Å². The summed E-state index contributed by atoms with van der Waals surface area (Å²) in [6, 6.07) is 6.86. The average Bonchev–Trinajstić information content (AvgIpc) is 2.45. The van der Waals surface area contributed by atoms with Crippen molar-refractivity contribution in [2.75, 3.05) is 6.54 Å². The molecule has 1 N–H and O–H groups in total. The standard InChI is InChI=1S/C18H30N2/c1-4-12-20-17(14-16-7-5-6-13-19-16)15-8-10-18(2,3)11-9-15/h5-7,13,15,17,20H,4,8-12,14H2,1-3H3. The lowest BCUT2D eigenvalue weighted by Crippen LogP contribution is -2.41. The SMILES string of the molecule is CCCNC(Cc1ccccn1)C1CCC(C)(C)CC1. The number of nitrogens with zero attached hydrogens (tertiary/aromatic N) is 1. The Morgan fingerprint density at radius 1 is 1.30 bits per heavy atom. The number of aromatic nitrogens is 1. The van der Waals surface area contributed by atoms with Crippen molar-refractivity contribution in [3.05, 3.63) is 30.1 Å². The molecule has 1 atom stereocenters. The van der Waals surface area contributed by atoms with E-state index in [-0.39, 0.29) is 0 Å². The van der Waals surface area contributed by atoms with E-state index < -0.39 is 0 Å². The maximum absolute atomic E-state index is 4.51. The third-order valence-corrected chi connectivity index (χ3v) is 4.76. The van der Waals surface area contributed by atoms with Gasteiger partial charge in [-0.1, -0.05) is 26.8 Å². The van der Waals surface area contributed by atoms with Crippen LogP contribution in [0.2, 0.25) is 0 Å². The van der Waals surface area contributed by atoms with Gasteiger partial charge in [0.15, 0.2) is 0 Å². The van der Waals surface area contributed by atoms with E-state index in [9.17, 15) is 0 Å². The summed E-state index contributed by atoms with van der Waals surface area (Å²) in [6.45, 7) is 8.19. The van der Waals surface area contributed by atoms with Crippen LogP contribution in [0.15, 0.2) is 24.4 Å². The molecule has 1 aromatic heterocycles. The second kappa shape index (κ2) is 7.21. The minimum absolute atomic E-state index is 0.552. The van der Waals surface area contributed by atoms with Crippen molar-refractivity contribution in [2.24, 2.45) is 11.3 Å². The first kappa shape index (κ1) is 15.5.